The summed E-state index contributed by atoms with van der Waals surface area (Å²) in [5.41, 5.74) is 2.65. The smallest absolute Gasteiger partial charge is 0.328 e. The van der Waals surface area contributed by atoms with E-state index in [4.69, 9.17) is 0 Å². The Kier molecular flexibility index (Phi) is 4.65. The molecule has 0 amide bonds. The van der Waals surface area contributed by atoms with Crippen molar-refractivity contribution in [3.8, 4) is 11.3 Å². The number of hydrogen-bond acceptors (Lipinski definition) is 6. The molecule has 136 valence electrons. The molecule has 1 aliphatic heterocycles. The molecule has 1 fully saturated rings. The maximum atomic E-state index is 11.9. The maximum Gasteiger partial charge on any atom is 0.328 e. The molecule has 3 heterocycles. The first kappa shape index (κ1) is 17.0. The molecule has 1 atom stereocenters. The lowest BCUT2D eigenvalue weighted by molar-refractivity contribution is -0.138. The van der Waals surface area contributed by atoms with E-state index >= 15 is 0 Å². The highest BCUT2D eigenvalue weighted by molar-refractivity contribution is 5.80. The van der Waals surface area contributed by atoms with Crippen molar-refractivity contribution in [1.29, 1.82) is 0 Å². The largest absolute Gasteiger partial charge is 0.480 e. The van der Waals surface area contributed by atoms with Gasteiger partial charge in [0.05, 0.1) is 12.2 Å². The zero-order chi connectivity index (χ0) is 18.6. The molecule has 3 aromatic rings. The van der Waals surface area contributed by atoms with Gasteiger partial charge in [-0.05, 0) is 30.3 Å². The summed E-state index contributed by atoms with van der Waals surface area (Å²) in [6.07, 6.45) is 5.14. The number of carbonyl (C=O) groups is 1. The quantitative estimate of drug-likeness (QED) is 0.763. The van der Waals surface area contributed by atoms with Crippen LogP contribution in [-0.4, -0.2) is 51.7 Å². The molecule has 1 aliphatic rings. The molecular weight excluding hydrogens is 342 g/mol. The van der Waals surface area contributed by atoms with Gasteiger partial charge in [-0.1, -0.05) is 18.2 Å². The molecule has 0 spiro atoms. The molecule has 7 nitrogen and oxygen atoms in total. The number of aliphatic carboxylic acids is 1. The fraction of sp³-hybridized carbons (Fsp3) is 0.200. The van der Waals surface area contributed by atoms with Gasteiger partial charge in [0, 0.05) is 42.9 Å². The SMILES string of the molecule is O=C(O)[C@H]1CN(c2nccc(-c3ccncc3)n2)CCN1c1ccccc1. The lowest BCUT2D eigenvalue weighted by Crippen LogP contribution is -2.57. The first-order chi connectivity index (χ1) is 13.2. The average molecular weight is 361 g/mol. The van der Waals surface area contributed by atoms with Gasteiger partial charge in [-0.15, -0.1) is 0 Å². The molecule has 1 aromatic carbocycles. The zero-order valence-corrected chi connectivity index (χ0v) is 14.6. The summed E-state index contributed by atoms with van der Waals surface area (Å²) in [6.45, 7) is 1.56. The predicted molar refractivity (Wildman–Crippen MR) is 103 cm³/mol. The minimum absolute atomic E-state index is 0.323. The van der Waals surface area contributed by atoms with Crippen LogP contribution in [0.3, 0.4) is 0 Å². The predicted octanol–water partition coefficient (Wildman–Crippen LogP) is 2.32. The molecule has 1 saturated heterocycles. The van der Waals surface area contributed by atoms with Crippen molar-refractivity contribution in [2.24, 2.45) is 0 Å². The summed E-state index contributed by atoms with van der Waals surface area (Å²) in [4.78, 5) is 28.8. The Labute approximate surface area is 156 Å². The van der Waals surface area contributed by atoms with E-state index < -0.39 is 12.0 Å². The number of rotatable bonds is 4. The van der Waals surface area contributed by atoms with E-state index in [0.29, 0.717) is 25.6 Å². The number of anilines is 2. The minimum Gasteiger partial charge on any atom is -0.480 e. The van der Waals surface area contributed by atoms with Crippen LogP contribution in [0.4, 0.5) is 11.6 Å². The number of pyridine rings is 1. The first-order valence-electron chi connectivity index (χ1n) is 8.75. The molecule has 0 radical (unpaired) electrons. The fourth-order valence-electron chi connectivity index (χ4n) is 3.29. The second kappa shape index (κ2) is 7.41. The van der Waals surface area contributed by atoms with Crippen LogP contribution >= 0.6 is 0 Å². The topological polar surface area (TPSA) is 82.4 Å². The van der Waals surface area contributed by atoms with Crippen LogP contribution in [-0.2, 0) is 4.79 Å². The summed E-state index contributed by atoms with van der Waals surface area (Å²) >= 11 is 0. The van der Waals surface area contributed by atoms with Gasteiger partial charge >= 0.3 is 5.97 Å². The highest BCUT2D eigenvalue weighted by Crippen LogP contribution is 2.24. The Morgan fingerprint density at radius 1 is 1.00 bits per heavy atom. The van der Waals surface area contributed by atoms with Gasteiger partial charge in [0.1, 0.15) is 6.04 Å². The highest BCUT2D eigenvalue weighted by atomic mass is 16.4. The van der Waals surface area contributed by atoms with Gasteiger partial charge in [0.25, 0.3) is 0 Å². The Hall–Kier alpha value is -3.48. The first-order valence-corrected chi connectivity index (χ1v) is 8.75. The molecule has 0 saturated carbocycles. The zero-order valence-electron chi connectivity index (χ0n) is 14.6. The van der Waals surface area contributed by atoms with Gasteiger partial charge in [0.15, 0.2) is 0 Å². The van der Waals surface area contributed by atoms with Crippen molar-refractivity contribution in [2.45, 2.75) is 6.04 Å². The van der Waals surface area contributed by atoms with Gasteiger partial charge in [-0.2, -0.15) is 0 Å². The van der Waals surface area contributed by atoms with E-state index in [-0.39, 0.29) is 0 Å². The minimum atomic E-state index is -0.853. The number of nitrogens with zero attached hydrogens (tertiary/aromatic N) is 5. The molecule has 1 N–H and O–H groups in total. The van der Waals surface area contributed by atoms with Crippen molar-refractivity contribution in [1.82, 2.24) is 15.0 Å². The lowest BCUT2D eigenvalue weighted by atomic mass is 10.1. The van der Waals surface area contributed by atoms with Crippen LogP contribution < -0.4 is 9.80 Å². The summed E-state index contributed by atoms with van der Waals surface area (Å²) < 4.78 is 0. The van der Waals surface area contributed by atoms with Crippen LogP contribution in [0.15, 0.2) is 67.1 Å². The molecule has 0 aliphatic carbocycles. The molecular formula is C20H19N5O2. The van der Waals surface area contributed by atoms with Gasteiger partial charge in [-0.25, -0.2) is 14.8 Å². The second-order valence-electron chi connectivity index (χ2n) is 6.31. The monoisotopic (exact) mass is 361 g/mol. The van der Waals surface area contributed by atoms with Crippen molar-refractivity contribution in [3.05, 3.63) is 67.1 Å². The molecule has 0 bridgehead atoms. The number of para-hydroxylation sites is 1. The van der Waals surface area contributed by atoms with Crippen LogP contribution in [0.5, 0.6) is 0 Å². The Morgan fingerprint density at radius 2 is 1.78 bits per heavy atom. The lowest BCUT2D eigenvalue weighted by Gasteiger charge is -2.40. The standard InChI is InChI=1S/C20H19N5O2/c26-19(27)18-14-24(12-13-25(18)16-4-2-1-3-5-16)20-22-11-8-17(23-20)15-6-9-21-10-7-15/h1-11,18H,12-14H2,(H,26,27)/t18-/m1/s1. The third-order valence-electron chi connectivity index (χ3n) is 4.66. The van der Waals surface area contributed by atoms with Gasteiger partial charge in [0.2, 0.25) is 5.95 Å². The van der Waals surface area contributed by atoms with Crippen LogP contribution in [0, 0.1) is 0 Å². The maximum absolute atomic E-state index is 11.9. The number of benzene rings is 1. The van der Waals surface area contributed by atoms with Crippen molar-refractivity contribution in [2.75, 3.05) is 29.4 Å². The van der Waals surface area contributed by atoms with E-state index in [9.17, 15) is 9.90 Å². The second-order valence-corrected chi connectivity index (χ2v) is 6.31. The highest BCUT2D eigenvalue weighted by Gasteiger charge is 2.33. The Bertz CT molecular complexity index is 920. The van der Waals surface area contributed by atoms with E-state index in [2.05, 4.69) is 15.0 Å². The molecule has 4 rings (SSSR count). The number of carboxylic acid groups (broad SMARTS) is 1. The van der Waals surface area contributed by atoms with E-state index in [1.54, 1.807) is 18.6 Å². The fourth-order valence-corrected chi connectivity index (χ4v) is 3.29. The molecule has 0 unspecified atom stereocenters. The normalized spacial score (nSPS) is 17.0. The van der Waals surface area contributed by atoms with Crippen molar-refractivity contribution in [3.63, 3.8) is 0 Å². The van der Waals surface area contributed by atoms with Crippen LogP contribution in [0.25, 0.3) is 11.3 Å². The number of piperazine rings is 1. The number of hydrogen-bond donors (Lipinski definition) is 1. The number of carboxylic acids is 1. The van der Waals surface area contributed by atoms with Crippen LogP contribution in [0.1, 0.15) is 0 Å². The molecule has 27 heavy (non-hydrogen) atoms. The number of aromatic nitrogens is 3. The van der Waals surface area contributed by atoms with E-state index in [1.165, 1.54) is 0 Å². The average Bonchev–Trinajstić information content (AvgIpc) is 2.74. The van der Waals surface area contributed by atoms with Crippen LogP contribution in [0.2, 0.25) is 0 Å². The molecule has 2 aromatic heterocycles. The van der Waals surface area contributed by atoms with Gasteiger partial charge < -0.3 is 14.9 Å². The third-order valence-corrected chi connectivity index (χ3v) is 4.66. The summed E-state index contributed by atoms with van der Waals surface area (Å²) in [7, 11) is 0. The van der Waals surface area contributed by atoms with E-state index in [1.807, 2.05) is 58.3 Å². The van der Waals surface area contributed by atoms with Crippen molar-refractivity contribution < 1.29 is 9.90 Å². The summed E-state index contributed by atoms with van der Waals surface area (Å²) in [5.74, 6) is -0.308. The third kappa shape index (κ3) is 3.57. The summed E-state index contributed by atoms with van der Waals surface area (Å²) in [5, 5.41) is 9.75. The van der Waals surface area contributed by atoms with Crippen molar-refractivity contribution >= 4 is 17.6 Å². The Balaban J connectivity index is 1.59. The van der Waals surface area contributed by atoms with Gasteiger partial charge in [-0.3, -0.25) is 4.98 Å². The Morgan fingerprint density at radius 3 is 2.52 bits per heavy atom. The van der Waals surface area contributed by atoms with E-state index in [0.717, 1.165) is 16.9 Å². The summed E-state index contributed by atoms with van der Waals surface area (Å²) in [6, 6.07) is 14.6. The molecule has 7 heteroatoms.